The maximum Gasteiger partial charge on any atom is 0.124 e. The second-order valence-electron chi connectivity index (χ2n) is 4.41. The third-order valence-corrected chi connectivity index (χ3v) is 4.18. The predicted octanol–water partition coefficient (Wildman–Crippen LogP) is 3.71. The van der Waals surface area contributed by atoms with E-state index in [1.807, 2.05) is 18.2 Å². The number of hydrogen-bond acceptors (Lipinski definition) is 3. The zero-order valence-electron chi connectivity index (χ0n) is 10.1. The minimum absolute atomic E-state index is 0.248. The molecular weight excluding hydrogens is 261 g/mol. The molecule has 3 rings (SSSR count). The summed E-state index contributed by atoms with van der Waals surface area (Å²) in [5, 5.41) is 11.2. The van der Waals surface area contributed by atoms with Crippen molar-refractivity contribution in [1.82, 2.24) is 4.98 Å². The predicted molar refractivity (Wildman–Crippen MR) is 74.7 cm³/mol. The van der Waals surface area contributed by atoms with Crippen molar-refractivity contribution in [2.24, 2.45) is 0 Å². The first-order chi connectivity index (χ1) is 9.22. The molecular formula is C15H12FNOS. The largest absolute Gasteiger partial charge is 0.387 e. The molecule has 0 bridgehead atoms. The maximum atomic E-state index is 13.1. The lowest BCUT2D eigenvalue weighted by Gasteiger charge is -2.07. The van der Waals surface area contributed by atoms with E-state index in [0.717, 1.165) is 20.5 Å². The molecule has 1 aromatic carbocycles. The van der Waals surface area contributed by atoms with Crippen molar-refractivity contribution < 1.29 is 9.50 Å². The summed E-state index contributed by atoms with van der Waals surface area (Å²) in [5.74, 6) is -0.248. The fourth-order valence-corrected chi connectivity index (χ4v) is 3.11. The lowest BCUT2D eigenvalue weighted by atomic mass is 10.1. The SMILES string of the molecule is OC(Cc1cccnc1)c1cc2ccc(F)cc2s1. The standard InChI is InChI=1S/C15H12FNOS/c16-12-4-3-11-7-15(19-14(11)8-12)13(18)6-10-2-1-5-17-9-10/h1-5,7-9,13,18H,6H2. The van der Waals surface area contributed by atoms with Gasteiger partial charge in [0.15, 0.2) is 0 Å². The highest BCUT2D eigenvalue weighted by Gasteiger charge is 2.12. The molecule has 0 spiro atoms. The Kier molecular flexibility index (Phi) is 3.27. The number of fused-ring (bicyclic) bond motifs is 1. The highest BCUT2D eigenvalue weighted by atomic mass is 32.1. The van der Waals surface area contributed by atoms with Gasteiger partial charge in [0.25, 0.3) is 0 Å². The number of rotatable bonds is 3. The molecule has 96 valence electrons. The Bertz CT molecular complexity index is 696. The quantitative estimate of drug-likeness (QED) is 0.789. The third kappa shape index (κ3) is 2.64. The van der Waals surface area contributed by atoms with Crippen LogP contribution in [0, 0.1) is 5.82 Å². The van der Waals surface area contributed by atoms with Crippen LogP contribution in [0.1, 0.15) is 16.5 Å². The van der Waals surface area contributed by atoms with Gasteiger partial charge in [0.1, 0.15) is 5.82 Å². The average molecular weight is 273 g/mol. The summed E-state index contributed by atoms with van der Waals surface area (Å²) in [4.78, 5) is 4.88. The summed E-state index contributed by atoms with van der Waals surface area (Å²) < 4.78 is 14.0. The number of pyridine rings is 1. The maximum absolute atomic E-state index is 13.1. The number of aliphatic hydroxyl groups excluding tert-OH is 1. The van der Waals surface area contributed by atoms with Crippen molar-refractivity contribution in [2.75, 3.05) is 0 Å². The van der Waals surface area contributed by atoms with Crippen LogP contribution in [0.2, 0.25) is 0 Å². The molecule has 1 unspecified atom stereocenters. The van der Waals surface area contributed by atoms with Crippen LogP contribution < -0.4 is 0 Å². The van der Waals surface area contributed by atoms with Crippen LogP contribution in [0.25, 0.3) is 10.1 Å². The lowest BCUT2D eigenvalue weighted by molar-refractivity contribution is 0.182. The number of hydrogen-bond donors (Lipinski definition) is 1. The molecule has 2 nitrogen and oxygen atoms in total. The number of aromatic nitrogens is 1. The molecule has 0 aliphatic carbocycles. The van der Waals surface area contributed by atoms with E-state index >= 15 is 0 Å². The van der Waals surface area contributed by atoms with Gasteiger partial charge in [-0.3, -0.25) is 4.98 Å². The normalized spacial score (nSPS) is 12.7. The number of thiophene rings is 1. The summed E-state index contributed by atoms with van der Waals surface area (Å²) in [5.41, 5.74) is 0.985. The monoisotopic (exact) mass is 273 g/mol. The average Bonchev–Trinajstić information content (AvgIpc) is 2.83. The van der Waals surface area contributed by atoms with E-state index in [2.05, 4.69) is 4.98 Å². The highest BCUT2D eigenvalue weighted by molar-refractivity contribution is 7.19. The van der Waals surface area contributed by atoms with Crippen LogP contribution in [-0.4, -0.2) is 10.1 Å². The first-order valence-electron chi connectivity index (χ1n) is 5.98. The number of halogens is 1. The van der Waals surface area contributed by atoms with Gasteiger partial charge in [-0.15, -0.1) is 11.3 Å². The molecule has 0 fully saturated rings. The zero-order chi connectivity index (χ0) is 13.2. The molecule has 0 saturated heterocycles. The fraction of sp³-hybridized carbons (Fsp3) is 0.133. The van der Waals surface area contributed by atoms with Crippen molar-refractivity contribution in [3.63, 3.8) is 0 Å². The van der Waals surface area contributed by atoms with E-state index in [1.54, 1.807) is 18.5 Å². The van der Waals surface area contributed by atoms with Crippen LogP contribution in [0.4, 0.5) is 4.39 Å². The molecule has 0 aliphatic rings. The molecule has 0 amide bonds. The van der Waals surface area contributed by atoms with Gasteiger partial charge in [0.2, 0.25) is 0 Å². The van der Waals surface area contributed by atoms with E-state index in [9.17, 15) is 9.50 Å². The Morgan fingerprint density at radius 1 is 1.26 bits per heavy atom. The molecule has 2 aromatic heterocycles. The van der Waals surface area contributed by atoms with Crippen molar-refractivity contribution >= 4 is 21.4 Å². The number of benzene rings is 1. The van der Waals surface area contributed by atoms with Gasteiger partial charge in [-0.1, -0.05) is 12.1 Å². The van der Waals surface area contributed by atoms with Crippen LogP contribution in [0.15, 0.2) is 48.8 Å². The van der Waals surface area contributed by atoms with Gasteiger partial charge in [0.05, 0.1) is 6.10 Å². The van der Waals surface area contributed by atoms with E-state index < -0.39 is 6.10 Å². The van der Waals surface area contributed by atoms with Gasteiger partial charge in [-0.05, 0) is 35.2 Å². The Balaban J connectivity index is 1.87. The van der Waals surface area contributed by atoms with Gasteiger partial charge >= 0.3 is 0 Å². The Hall–Kier alpha value is -1.78. The minimum atomic E-state index is -0.579. The summed E-state index contributed by atoms with van der Waals surface area (Å²) in [7, 11) is 0. The second-order valence-corrected chi connectivity index (χ2v) is 5.53. The van der Waals surface area contributed by atoms with Crippen molar-refractivity contribution in [1.29, 1.82) is 0 Å². The van der Waals surface area contributed by atoms with E-state index in [0.29, 0.717) is 6.42 Å². The molecule has 0 radical (unpaired) electrons. The van der Waals surface area contributed by atoms with Crippen molar-refractivity contribution in [3.05, 3.63) is 65.0 Å². The second kappa shape index (κ2) is 5.07. The van der Waals surface area contributed by atoms with Crippen molar-refractivity contribution in [3.8, 4) is 0 Å². The molecule has 3 aromatic rings. The molecule has 1 atom stereocenters. The summed E-state index contributed by atoms with van der Waals surface area (Å²) in [6, 6.07) is 10.4. The van der Waals surface area contributed by atoms with E-state index in [4.69, 9.17) is 0 Å². The number of nitrogens with zero attached hydrogens (tertiary/aromatic N) is 1. The van der Waals surface area contributed by atoms with E-state index in [-0.39, 0.29) is 5.82 Å². The molecule has 4 heteroatoms. The molecule has 19 heavy (non-hydrogen) atoms. The summed E-state index contributed by atoms with van der Waals surface area (Å²) in [6.07, 6.45) is 3.39. The van der Waals surface area contributed by atoms with Crippen molar-refractivity contribution in [2.45, 2.75) is 12.5 Å². The van der Waals surface area contributed by atoms with E-state index in [1.165, 1.54) is 23.5 Å². The topological polar surface area (TPSA) is 33.1 Å². The molecule has 0 saturated carbocycles. The lowest BCUT2D eigenvalue weighted by Crippen LogP contribution is -1.99. The Morgan fingerprint density at radius 2 is 2.16 bits per heavy atom. The van der Waals surface area contributed by atoms with Gasteiger partial charge in [-0.25, -0.2) is 4.39 Å². The first-order valence-corrected chi connectivity index (χ1v) is 6.80. The Morgan fingerprint density at radius 3 is 2.95 bits per heavy atom. The zero-order valence-corrected chi connectivity index (χ0v) is 10.9. The van der Waals surface area contributed by atoms with Gasteiger partial charge < -0.3 is 5.11 Å². The van der Waals surface area contributed by atoms with Crippen LogP contribution >= 0.6 is 11.3 Å². The Labute approximate surface area is 114 Å². The summed E-state index contributed by atoms with van der Waals surface area (Å²) in [6.45, 7) is 0. The molecule has 2 heterocycles. The third-order valence-electron chi connectivity index (χ3n) is 2.98. The van der Waals surface area contributed by atoms with Gasteiger partial charge in [-0.2, -0.15) is 0 Å². The highest BCUT2D eigenvalue weighted by Crippen LogP contribution is 2.31. The fourth-order valence-electron chi connectivity index (χ4n) is 2.03. The molecule has 0 aliphatic heterocycles. The van der Waals surface area contributed by atoms with Gasteiger partial charge in [0, 0.05) is 28.4 Å². The summed E-state index contributed by atoms with van der Waals surface area (Å²) >= 11 is 1.43. The first kappa shape index (κ1) is 12.3. The van der Waals surface area contributed by atoms with Crippen LogP contribution in [-0.2, 0) is 6.42 Å². The minimum Gasteiger partial charge on any atom is -0.387 e. The van der Waals surface area contributed by atoms with Crippen LogP contribution in [0.3, 0.4) is 0 Å². The smallest absolute Gasteiger partial charge is 0.124 e. The molecule has 1 N–H and O–H groups in total. The number of aliphatic hydroxyl groups is 1. The van der Waals surface area contributed by atoms with Crippen LogP contribution in [0.5, 0.6) is 0 Å².